The summed E-state index contributed by atoms with van der Waals surface area (Å²) in [7, 11) is 0. The van der Waals surface area contributed by atoms with Crippen molar-refractivity contribution in [2.24, 2.45) is 11.8 Å². The van der Waals surface area contributed by atoms with E-state index in [1.165, 1.54) is 4.90 Å². The number of fused-ring (bicyclic) bond motifs is 4. The van der Waals surface area contributed by atoms with Crippen LogP contribution in [0, 0.1) is 11.8 Å². The second-order valence-electron chi connectivity index (χ2n) is 10.1. The minimum Gasteiger partial charge on any atom is -0.306 e. The van der Waals surface area contributed by atoms with Crippen LogP contribution in [-0.2, 0) is 26.3 Å². The number of carbonyl (C=O) groups is 3. The lowest BCUT2D eigenvalue weighted by Gasteiger charge is -2.31. The first-order chi connectivity index (χ1) is 17.8. The number of nitrogens with one attached hydrogen (secondary N) is 1. The van der Waals surface area contributed by atoms with Gasteiger partial charge >= 0.3 is 0 Å². The van der Waals surface area contributed by atoms with Gasteiger partial charge < -0.3 is 4.90 Å². The predicted octanol–water partition coefficient (Wildman–Crippen LogP) is 4.48. The van der Waals surface area contributed by atoms with Gasteiger partial charge in [-0.15, -0.1) is 0 Å². The van der Waals surface area contributed by atoms with Gasteiger partial charge in [-0.25, -0.2) is 4.90 Å². The monoisotopic (exact) mass is 511 g/mol. The molecule has 3 amide bonds. The second-order valence-corrected chi connectivity index (χ2v) is 10.5. The van der Waals surface area contributed by atoms with Crippen LogP contribution >= 0.6 is 11.6 Å². The number of amides is 3. The molecule has 0 radical (unpaired) electrons. The summed E-state index contributed by atoms with van der Waals surface area (Å²) >= 11 is 6.22. The van der Waals surface area contributed by atoms with Crippen molar-refractivity contribution in [2.75, 3.05) is 16.3 Å². The average Bonchev–Trinajstić information content (AvgIpc) is 3.44. The van der Waals surface area contributed by atoms with E-state index in [0.29, 0.717) is 23.7 Å². The molecule has 3 aliphatic heterocycles. The fourth-order valence-electron chi connectivity index (χ4n) is 6.29. The number of hydrogen-bond acceptors (Lipinski definition) is 4. The molecular formula is C30H26ClN3O3. The fraction of sp³-hybridized carbons (Fsp3) is 0.233. The Balaban J connectivity index is 1.52. The highest BCUT2D eigenvalue weighted by Crippen LogP contribution is 2.55. The molecule has 0 bridgehead atoms. The summed E-state index contributed by atoms with van der Waals surface area (Å²) in [6, 6.07) is 23.7. The molecule has 2 fully saturated rings. The van der Waals surface area contributed by atoms with Gasteiger partial charge in [-0.1, -0.05) is 78.4 Å². The topological polar surface area (TPSA) is 69.7 Å². The lowest BCUT2D eigenvalue weighted by atomic mass is 9.76. The molecule has 3 aromatic carbocycles. The quantitative estimate of drug-likeness (QED) is 0.405. The van der Waals surface area contributed by atoms with Crippen molar-refractivity contribution in [2.45, 2.75) is 24.9 Å². The zero-order valence-corrected chi connectivity index (χ0v) is 21.1. The lowest BCUT2D eigenvalue weighted by molar-refractivity contribution is -0.132. The summed E-state index contributed by atoms with van der Waals surface area (Å²) in [5.74, 6) is -2.53. The standard InChI is InChI=1S/C30H26ClN3O3/c1-18(2)17-33-24-14-7-6-13-22(24)30(29(33)37)26-25(23(32-30)15-19-9-4-3-5-10-19)27(35)34(28(26)36)21-12-8-11-20(31)16-21/h3-14,16,23,25-26,32H,1,15,17H2,2H3/t23-,25+,26+,30+/m1/s1. The van der Waals surface area contributed by atoms with Crippen LogP contribution in [0.3, 0.4) is 0 Å². The zero-order valence-electron chi connectivity index (χ0n) is 20.4. The molecule has 2 saturated heterocycles. The molecule has 37 heavy (non-hydrogen) atoms. The SMILES string of the molecule is C=C(C)CN1C(=O)[C@]2(N[C@H](Cc3ccccc3)[C@@H]3C(=O)N(c4cccc(Cl)c4)C(=O)[C@H]32)c2ccccc21. The Morgan fingerprint density at radius 1 is 0.973 bits per heavy atom. The van der Waals surface area contributed by atoms with E-state index in [-0.39, 0.29) is 17.7 Å². The fourth-order valence-corrected chi connectivity index (χ4v) is 6.47. The number of carbonyl (C=O) groups excluding carboxylic acids is 3. The van der Waals surface area contributed by atoms with Crippen molar-refractivity contribution in [1.82, 2.24) is 5.32 Å². The van der Waals surface area contributed by atoms with Gasteiger partial charge in [-0.3, -0.25) is 19.7 Å². The van der Waals surface area contributed by atoms with Crippen LogP contribution < -0.4 is 15.1 Å². The Hall–Kier alpha value is -3.74. The number of hydrogen-bond donors (Lipinski definition) is 1. The van der Waals surface area contributed by atoms with E-state index >= 15 is 0 Å². The molecule has 186 valence electrons. The van der Waals surface area contributed by atoms with Gasteiger partial charge in [-0.2, -0.15) is 0 Å². The minimum absolute atomic E-state index is 0.226. The van der Waals surface area contributed by atoms with Crippen LogP contribution in [0.25, 0.3) is 0 Å². The molecule has 6 rings (SSSR count). The van der Waals surface area contributed by atoms with E-state index in [0.717, 1.165) is 22.4 Å². The average molecular weight is 512 g/mol. The summed E-state index contributed by atoms with van der Waals surface area (Å²) in [6.07, 6.45) is 0.502. The van der Waals surface area contributed by atoms with Crippen molar-refractivity contribution < 1.29 is 14.4 Å². The third kappa shape index (κ3) is 3.47. The van der Waals surface area contributed by atoms with E-state index in [2.05, 4.69) is 11.9 Å². The van der Waals surface area contributed by atoms with E-state index < -0.39 is 23.4 Å². The highest BCUT2D eigenvalue weighted by molar-refractivity contribution is 6.31. The van der Waals surface area contributed by atoms with Gasteiger partial charge in [0.1, 0.15) is 5.54 Å². The van der Waals surface area contributed by atoms with Crippen molar-refractivity contribution in [3.63, 3.8) is 0 Å². The number of rotatable bonds is 5. The first-order valence-corrected chi connectivity index (χ1v) is 12.7. The minimum atomic E-state index is -1.35. The van der Waals surface area contributed by atoms with Crippen molar-refractivity contribution in [3.8, 4) is 0 Å². The largest absolute Gasteiger partial charge is 0.306 e. The van der Waals surface area contributed by atoms with Crippen LogP contribution in [0.2, 0.25) is 5.02 Å². The summed E-state index contributed by atoms with van der Waals surface area (Å²) in [5, 5.41) is 3.98. The lowest BCUT2D eigenvalue weighted by Crippen LogP contribution is -2.55. The molecule has 0 saturated carbocycles. The molecule has 3 aromatic rings. The third-order valence-corrected chi connectivity index (χ3v) is 7.89. The third-order valence-electron chi connectivity index (χ3n) is 7.66. The molecule has 3 heterocycles. The summed E-state index contributed by atoms with van der Waals surface area (Å²) in [5.41, 5.74) is 2.38. The van der Waals surface area contributed by atoms with E-state index in [4.69, 9.17) is 11.6 Å². The number of anilines is 2. The molecule has 3 aliphatic rings. The van der Waals surface area contributed by atoms with Crippen LogP contribution in [0.4, 0.5) is 11.4 Å². The van der Waals surface area contributed by atoms with Gasteiger partial charge in [0.05, 0.1) is 17.5 Å². The number of imide groups is 1. The molecule has 4 atom stereocenters. The van der Waals surface area contributed by atoms with Crippen LogP contribution in [0.5, 0.6) is 0 Å². The molecule has 7 heteroatoms. The Labute approximate surface area is 220 Å². The number of benzene rings is 3. The molecule has 6 nitrogen and oxygen atoms in total. The van der Waals surface area contributed by atoms with E-state index in [1.807, 2.05) is 61.5 Å². The molecule has 0 aromatic heterocycles. The van der Waals surface area contributed by atoms with Gasteiger partial charge in [0.15, 0.2) is 0 Å². The first-order valence-electron chi connectivity index (χ1n) is 12.3. The molecular weight excluding hydrogens is 486 g/mol. The maximum atomic E-state index is 14.3. The van der Waals surface area contributed by atoms with E-state index in [1.54, 1.807) is 29.2 Å². The summed E-state index contributed by atoms with van der Waals surface area (Å²) in [6.45, 7) is 6.21. The van der Waals surface area contributed by atoms with Crippen molar-refractivity contribution in [3.05, 3.63) is 107 Å². The molecule has 0 unspecified atom stereocenters. The Morgan fingerprint density at radius 3 is 2.43 bits per heavy atom. The van der Waals surface area contributed by atoms with E-state index in [9.17, 15) is 14.4 Å². The van der Waals surface area contributed by atoms with Gasteiger partial charge in [0.2, 0.25) is 11.8 Å². The normalized spacial score (nSPS) is 26.2. The Morgan fingerprint density at radius 2 is 1.70 bits per heavy atom. The molecule has 1 spiro atoms. The number of para-hydroxylation sites is 1. The van der Waals surface area contributed by atoms with Gasteiger partial charge in [0, 0.05) is 28.9 Å². The maximum Gasteiger partial charge on any atom is 0.253 e. The zero-order chi connectivity index (χ0) is 25.9. The Kier molecular flexibility index (Phi) is 5.55. The maximum absolute atomic E-state index is 14.3. The van der Waals surface area contributed by atoms with Gasteiger partial charge in [0.25, 0.3) is 5.91 Å². The highest BCUT2D eigenvalue weighted by Gasteiger charge is 2.71. The smallest absolute Gasteiger partial charge is 0.253 e. The van der Waals surface area contributed by atoms with Gasteiger partial charge in [-0.05, 0) is 43.2 Å². The molecule has 1 N–H and O–H groups in total. The number of nitrogens with zero attached hydrogens (tertiary/aromatic N) is 2. The summed E-state index contributed by atoms with van der Waals surface area (Å²) in [4.78, 5) is 45.4. The second kappa shape index (κ2) is 8.68. The first kappa shape index (κ1) is 23.6. The number of halogens is 1. The predicted molar refractivity (Wildman–Crippen MR) is 143 cm³/mol. The van der Waals surface area contributed by atoms with Crippen LogP contribution in [-0.4, -0.2) is 30.3 Å². The Bertz CT molecular complexity index is 1460. The highest BCUT2D eigenvalue weighted by atomic mass is 35.5. The summed E-state index contributed by atoms with van der Waals surface area (Å²) < 4.78 is 0. The van der Waals surface area contributed by atoms with Crippen LogP contribution in [0.15, 0.2) is 91.0 Å². The molecule has 0 aliphatic carbocycles. The van der Waals surface area contributed by atoms with Crippen LogP contribution in [0.1, 0.15) is 18.1 Å². The van der Waals surface area contributed by atoms with Crippen molar-refractivity contribution >= 4 is 40.7 Å². The van der Waals surface area contributed by atoms with Crippen molar-refractivity contribution in [1.29, 1.82) is 0 Å².